The Bertz CT molecular complexity index is 761. The van der Waals surface area contributed by atoms with Gasteiger partial charge in [-0.3, -0.25) is 4.79 Å². The van der Waals surface area contributed by atoms with Crippen molar-refractivity contribution in [2.45, 2.75) is 37.1 Å². The molecule has 1 aliphatic carbocycles. The number of nitrogens with one attached hydrogen (secondary N) is 1. The van der Waals surface area contributed by atoms with Crippen molar-refractivity contribution in [2.24, 2.45) is 5.73 Å². The second-order valence-corrected chi connectivity index (χ2v) is 7.78. The predicted molar refractivity (Wildman–Crippen MR) is 106 cm³/mol. The summed E-state index contributed by atoms with van der Waals surface area (Å²) in [4.78, 5) is 14.9. The zero-order valence-corrected chi connectivity index (χ0v) is 15.3. The molecule has 4 nitrogen and oxygen atoms in total. The number of carbonyl (C=O) groups excluding carboxylic acids is 1. The molecule has 2 aromatic rings. The first-order chi connectivity index (χ1) is 12.6. The third-order valence-corrected chi connectivity index (χ3v) is 5.80. The molecule has 1 saturated carbocycles. The highest BCUT2D eigenvalue weighted by molar-refractivity contribution is 6.04. The number of piperidine rings is 1. The molecule has 1 saturated heterocycles. The third-order valence-electron chi connectivity index (χ3n) is 5.80. The van der Waals surface area contributed by atoms with E-state index in [-0.39, 0.29) is 5.91 Å². The Balaban J connectivity index is 1.37. The number of rotatable bonds is 4. The molecule has 0 bridgehead atoms. The van der Waals surface area contributed by atoms with Gasteiger partial charge in [0, 0.05) is 23.2 Å². The SMILES string of the molecule is CN1CCC(c2ccc(C(=O)Nc3ccc(C4CC4N)cc3)cc2)CC1. The molecule has 1 heterocycles. The van der Waals surface area contributed by atoms with E-state index in [0.29, 0.717) is 23.4 Å². The predicted octanol–water partition coefficient (Wildman–Crippen LogP) is 3.56. The van der Waals surface area contributed by atoms with Gasteiger partial charge in [-0.1, -0.05) is 24.3 Å². The number of amides is 1. The van der Waals surface area contributed by atoms with E-state index in [4.69, 9.17) is 5.73 Å². The number of carbonyl (C=O) groups is 1. The molecule has 4 rings (SSSR count). The number of likely N-dealkylation sites (tertiary alicyclic amines) is 1. The molecule has 136 valence electrons. The summed E-state index contributed by atoms with van der Waals surface area (Å²) >= 11 is 0. The summed E-state index contributed by atoms with van der Waals surface area (Å²) in [5.41, 5.74) is 10.0. The second-order valence-electron chi connectivity index (χ2n) is 7.78. The van der Waals surface area contributed by atoms with Crippen LogP contribution in [0, 0.1) is 0 Å². The van der Waals surface area contributed by atoms with Gasteiger partial charge in [0.1, 0.15) is 0 Å². The van der Waals surface area contributed by atoms with E-state index in [1.165, 1.54) is 24.0 Å². The van der Waals surface area contributed by atoms with Gasteiger partial charge in [-0.15, -0.1) is 0 Å². The van der Waals surface area contributed by atoms with Crippen LogP contribution in [0.3, 0.4) is 0 Å². The number of nitrogens with two attached hydrogens (primary N) is 1. The molecule has 2 aliphatic rings. The maximum absolute atomic E-state index is 12.5. The molecule has 26 heavy (non-hydrogen) atoms. The van der Waals surface area contributed by atoms with Crippen LogP contribution in [0.2, 0.25) is 0 Å². The van der Waals surface area contributed by atoms with E-state index < -0.39 is 0 Å². The quantitative estimate of drug-likeness (QED) is 0.887. The molecule has 2 fully saturated rings. The van der Waals surface area contributed by atoms with Crippen molar-refractivity contribution in [1.29, 1.82) is 0 Å². The van der Waals surface area contributed by atoms with Crippen molar-refractivity contribution in [2.75, 3.05) is 25.5 Å². The van der Waals surface area contributed by atoms with Crippen molar-refractivity contribution in [3.05, 3.63) is 65.2 Å². The van der Waals surface area contributed by atoms with E-state index >= 15 is 0 Å². The molecule has 0 spiro atoms. The lowest BCUT2D eigenvalue weighted by Crippen LogP contribution is -2.29. The smallest absolute Gasteiger partial charge is 0.255 e. The van der Waals surface area contributed by atoms with Crippen LogP contribution >= 0.6 is 0 Å². The molecule has 3 N–H and O–H groups in total. The van der Waals surface area contributed by atoms with Crippen LogP contribution in [0.25, 0.3) is 0 Å². The number of nitrogens with zero attached hydrogens (tertiary/aromatic N) is 1. The minimum Gasteiger partial charge on any atom is -0.327 e. The van der Waals surface area contributed by atoms with Crippen molar-refractivity contribution in [1.82, 2.24) is 4.90 Å². The zero-order chi connectivity index (χ0) is 18.1. The fourth-order valence-corrected chi connectivity index (χ4v) is 3.86. The number of hydrogen-bond donors (Lipinski definition) is 2. The van der Waals surface area contributed by atoms with Crippen LogP contribution < -0.4 is 11.1 Å². The molecule has 2 unspecified atom stereocenters. The molecule has 0 aromatic heterocycles. The zero-order valence-electron chi connectivity index (χ0n) is 15.3. The van der Waals surface area contributed by atoms with E-state index in [0.717, 1.165) is 25.2 Å². The molecule has 2 aromatic carbocycles. The first kappa shape index (κ1) is 17.3. The first-order valence-corrected chi connectivity index (χ1v) is 9.55. The van der Waals surface area contributed by atoms with Gasteiger partial charge in [0.2, 0.25) is 0 Å². The maximum atomic E-state index is 12.5. The van der Waals surface area contributed by atoms with Gasteiger partial charge in [-0.05, 0) is 80.7 Å². The van der Waals surface area contributed by atoms with Gasteiger partial charge in [-0.2, -0.15) is 0 Å². The van der Waals surface area contributed by atoms with Gasteiger partial charge in [-0.25, -0.2) is 0 Å². The van der Waals surface area contributed by atoms with Gasteiger partial charge in [0.05, 0.1) is 0 Å². The Morgan fingerprint density at radius 3 is 2.15 bits per heavy atom. The molecular formula is C22H27N3O. The van der Waals surface area contributed by atoms with Crippen LogP contribution in [0.5, 0.6) is 0 Å². The van der Waals surface area contributed by atoms with Crippen LogP contribution in [-0.4, -0.2) is 37.0 Å². The molecule has 1 aliphatic heterocycles. The average Bonchev–Trinajstić information content (AvgIpc) is 3.40. The third kappa shape index (κ3) is 3.81. The lowest BCUT2D eigenvalue weighted by atomic mass is 9.89. The Kier molecular flexibility index (Phi) is 4.79. The van der Waals surface area contributed by atoms with Crippen molar-refractivity contribution in [3.8, 4) is 0 Å². The Morgan fingerprint density at radius 1 is 1.00 bits per heavy atom. The van der Waals surface area contributed by atoms with Crippen molar-refractivity contribution < 1.29 is 4.79 Å². The fourth-order valence-electron chi connectivity index (χ4n) is 3.86. The minimum absolute atomic E-state index is 0.0594. The van der Waals surface area contributed by atoms with E-state index in [1.807, 2.05) is 24.3 Å². The highest BCUT2D eigenvalue weighted by Crippen LogP contribution is 2.39. The summed E-state index contributed by atoms with van der Waals surface area (Å²) in [6.45, 7) is 2.29. The van der Waals surface area contributed by atoms with E-state index in [1.54, 1.807) is 0 Å². The number of benzene rings is 2. The van der Waals surface area contributed by atoms with Gasteiger partial charge < -0.3 is 16.0 Å². The molecule has 1 amide bonds. The van der Waals surface area contributed by atoms with Crippen molar-refractivity contribution in [3.63, 3.8) is 0 Å². The maximum Gasteiger partial charge on any atom is 0.255 e. The standard InChI is InChI=1S/C22H27N3O/c1-25-12-10-16(11-13-25)15-2-4-18(5-3-15)22(26)24-19-8-6-17(7-9-19)20-14-21(20)23/h2-9,16,20-21H,10-14,23H2,1H3,(H,24,26). The average molecular weight is 349 g/mol. The highest BCUT2D eigenvalue weighted by Gasteiger charge is 2.34. The molecule has 0 radical (unpaired) electrons. The summed E-state index contributed by atoms with van der Waals surface area (Å²) in [5.74, 6) is 1.05. The minimum atomic E-state index is -0.0594. The van der Waals surface area contributed by atoms with Crippen molar-refractivity contribution >= 4 is 11.6 Å². The topological polar surface area (TPSA) is 58.4 Å². The number of anilines is 1. The van der Waals surface area contributed by atoms with Gasteiger partial charge >= 0.3 is 0 Å². The van der Waals surface area contributed by atoms with E-state index in [2.05, 4.69) is 41.5 Å². The van der Waals surface area contributed by atoms with Crippen LogP contribution in [0.4, 0.5) is 5.69 Å². The summed E-state index contributed by atoms with van der Waals surface area (Å²) in [7, 11) is 2.18. The molecular weight excluding hydrogens is 322 g/mol. The fraction of sp³-hybridized carbons (Fsp3) is 0.409. The summed E-state index contributed by atoms with van der Waals surface area (Å²) in [6.07, 6.45) is 3.45. The molecule has 2 atom stereocenters. The Labute approximate surface area is 155 Å². The Hall–Kier alpha value is -2.17. The monoisotopic (exact) mass is 349 g/mol. The van der Waals surface area contributed by atoms with Crippen LogP contribution in [0.15, 0.2) is 48.5 Å². The summed E-state index contributed by atoms with van der Waals surface area (Å²) < 4.78 is 0. The number of hydrogen-bond acceptors (Lipinski definition) is 3. The first-order valence-electron chi connectivity index (χ1n) is 9.55. The second kappa shape index (κ2) is 7.22. The van der Waals surface area contributed by atoms with Crippen LogP contribution in [-0.2, 0) is 0 Å². The highest BCUT2D eigenvalue weighted by atomic mass is 16.1. The molecule has 4 heteroatoms. The van der Waals surface area contributed by atoms with E-state index in [9.17, 15) is 4.79 Å². The lowest BCUT2D eigenvalue weighted by Gasteiger charge is -2.29. The largest absolute Gasteiger partial charge is 0.327 e. The Morgan fingerprint density at radius 2 is 1.58 bits per heavy atom. The lowest BCUT2D eigenvalue weighted by molar-refractivity contribution is 0.102. The summed E-state index contributed by atoms with van der Waals surface area (Å²) in [5, 5.41) is 2.98. The normalized spacial score (nSPS) is 23.6. The summed E-state index contributed by atoms with van der Waals surface area (Å²) in [6, 6.07) is 16.5. The van der Waals surface area contributed by atoms with Gasteiger partial charge in [0.15, 0.2) is 0 Å². The van der Waals surface area contributed by atoms with Gasteiger partial charge in [0.25, 0.3) is 5.91 Å². The van der Waals surface area contributed by atoms with Crippen LogP contribution in [0.1, 0.15) is 52.6 Å².